The molecule has 3 fully saturated rings. The van der Waals surface area contributed by atoms with E-state index in [2.05, 4.69) is 37.6 Å². The maximum atomic E-state index is 2.72. The summed E-state index contributed by atoms with van der Waals surface area (Å²) in [5, 5.41) is 0. The number of rotatable bonds is 1. The van der Waals surface area contributed by atoms with Crippen molar-refractivity contribution in [1.29, 1.82) is 0 Å². The predicted molar refractivity (Wildman–Crippen MR) is 60.4 cm³/mol. The molecule has 3 rings (SSSR count). The molecule has 0 saturated carbocycles. The highest BCUT2D eigenvalue weighted by Crippen LogP contribution is 2.32. The van der Waals surface area contributed by atoms with E-state index >= 15 is 0 Å². The monoisotopic (exact) mass is 196 g/mol. The molecule has 3 aliphatic heterocycles. The minimum Gasteiger partial charge on any atom is -0.304 e. The molecule has 82 valence electrons. The van der Waals surface area contributed by atoms with Crippen LogP contribution in [0.2, 0.25) is 0 Å². The van der Waals surface area contributed by atoms with Gasteiger partial charge in [0.05, 0.1) is 0 Å². The Hall–Kier alpha value is -0.0800. The van der Waals surface area contributed by atoms with Crippen LogP contribution >= 0.6 is 0 Å². The molecule has 0 amide bonds. The third-order valence-electron chi connectivity index (χ3n) is 3.99. The van der Waals surface area contributed by atoms with Gasteiger partial charge in [-0.2, -0.15) is 0 Å². The van der Waals surface area contributed by atoms with Crippen LogP contribution in [0, 0.1) is 11.8 Å². The number of likely N-dealkylation sites (N-methyl/N-ethyl adjacent to an activating group) is 1. The molecule has 2 bridgehead atoms. The van der Waals surface area contributed by atoms with Crippen LogP contribution in [0.1, 0.15) is 27.2 Å². The van der Waals surface area contributed by atoms with E-state index in [0.29, 0.717) is 0 Å². The number of fused-ring (bicyclic) bond motifs is 4. The van der Waals surface area contributed by atoms with Gasteiger partial charge in [0.2, 0.25) is 0 Å². The quantitative estimate of drug-likeness (QED) is 0.629. The average Bonchev–Trinajstić information content (AvgIpc) is 2.30. The van der Waals surface area contributed by atoms with E-state index in [0.717, 1.165) is 23.9 Å². The molecule has 0 aromatic rings. The van der Waals surface area contributed by atoms with Crippen LogP contribution in [0.15, 0.2) is 0 Å². The highest BCUT2D eigenvalue weighted by atomic mass is 15.3. The second-order valence-corrected chi connectivity index (χ2v) is 5.66. The normalized spacial score (nSPS) is 40.5. The molecule has 3 heterocycles. The minimum atomic E-state index is 0.719. The largest absolute Gasteiger partial charge is 0.304 e. The van der Waals surface area contributed by atoms with E-state index in [1.807, 2.05) is 0 Å². The van der Waals surface area contributed by atoms with Crippen molar-refractivity contribution in [1.82, 2.24) is 9.80 Å². The summed E-state index contributed by atoms with van der Waals surface area (Å²) >= 11 is 0. The number of hydrogen-bond donors (Lipinski definition) is 0. The molecule has 0 aromatic carbocycles. The molecule has 14 heavy (non-hydrogen) atoms. The van der Waals surface area contributed by atoms with Crippen LogP contribution in [-0.2, 0) is 0 Å². The lowest BCUT2D eigenvalue weighted by Crippen LogP contribution is -2.51. The number of hydrogen-bond acceptors (Lipinski definition) is 2. The Morgan fingerprint density at radius 2 is 1.86 bits per heavy atom. The summed E-state index contributed by atoms with van der Waals surface area (Å²) in [6.45, 7) is 11.0. The van der Waals surface area contributed by atoms with Crippen LogP contribution < -0.4 is 0 Å². The summed E-state index contributed by atoms with van der Waals surface area (Å²) < 4.78 is 0. The highest BCUT2D eigenvalue weighted by Gasteiger charge is 2.38. The lowest BCUT2D eigenvalue weighted by molar-refractivity contribution is 0.0586. The highest BCUT2D eigenvalue weighted by molar-refractivity contribution is 4.93. The molecule has 3 aliphatic rings. The van der Waals surface area contributed by atoms with Gasteiger partial charge in [0.25, 0.3) is 0 Å². The van der Waals surface area contributed by atoms with E-state index < -0.39 is 0 Å². The molecule has 0 N–H and O–H groups in total. The fourth-order valence-electron chi connectivity index (χ4n) is 3.36. The molecular weight excluding hydrogens is 172 g/mol. The first-order valence-electron chi connectivity index (χ1n) is 6.02. The summed E-state index contributed by atoms with van der Waals surface area (Å²) in [6.07, 6.45) is 1.44. The first kappa shape index (κ1) is 10.4. The average molecular weight is 196 g/mol. The Morgan fingerprint density at radius 3 is 2.50 bits per heavy atom. The fraction of sp³-hybridized carbons (Fsp3) is 1.00. The Balaban J connectivity index is 2.17. The van der Waals surface area contributed by atoms with Crippen molar-refractivity contribution in [3.63, 3.8) is 0 Å². The summed E-state index contributed by atoms with van der Waals surface area (Å²) in [6, 6.07) is 1.52. The van der Waals surface area contributed by atoms with Crippen LogP contribution in [0.4, 0.5) is 0 Å². The first-order valence-corrected chi connectivity index (χ1v) is 6.02. The van der Waals surface area contributed by atoms with Gasteiger partial charge in [0.15, 0.2) is 0 Å². The van der Waals surface area contributed by atoms with Crippen molar-refractivity contribution in [3.8, 4) is 0 Å². The van der Waals surface area contributed by atoms with Crippen LogP contribution in [0.3, 0.4) is 0 Å². The maximum Gasteiger partial charge on any atom is 0.0251 e. The minimum absolute atomic E-state index is 0.719. The summed E-state index contributed by atoms with van der Waals surface area (Å²) in [7, 11) is 2.28. The van der Waals surface area contributed by atoms with Crippen molar-refractivity contribution < 1.29 is 0 Å². The van der Waals surface area contributed by atoms with Gasteiger partial charge in [-0.3, -0.25) is 4.90 Å². The van der Waals surface area contributed by atoms with Crippen LogP contribution in [0.5, 0.6) is 0 Å². The lowest BCUT2D eigenvalue weighted by Gasteiger charge is -2.43. The molecule has 0 radical (unpaired) electrons. The van der Waals surface area contributed by atoms with Gasteiger partial charge in [-0.15, -0.1) is 0 Å². The number of nitrogens with zero attached hydrogens (tertiary/aromatic N) is 2. The molecule has 3 atom stereocenters. The van der Waals surface area contributed by atoms with Crippen molar-refractivity contribution in [2.75, 3.05) is 26.7 Å². The van der Waals surface area contributed by atoms with Gasteiger partial charge in [-0.05, 0) is 39.2 Å². The van der Waals surface area contributed by atoms with Gasteiger partial charge >= 0.3 is 0 Å². The van der Waals surface area contributed by atoms with E-state index in [-0.39, 0.29) is 0 Å². The van der Waals surface area contributed by atoms with E-state index in [4.69, 9.17) is 0 Å². The molecule has 2 heteroatoms. The Bertz CT molecular complexity index is 200. The SMILES string of the molecule is CC1CC2CN(C)CC1N(C(C)C)C2. The van der Waals surface area contributed by atoms with E-state index in [9.17, 15) is 0 Å². The smallest absolute Gasteiger partial charge is 0.0251 e. The van der Waals surface area contributed by atoms with Gasteiger partial charge in [0.1, 0.15) is 0 Å². The third kappa shape index (κ3) is 1.82. The molecule has 3 saturated heterocycles. The second-order valence-electron chi connectivity index (χ2n) is 5.66. The zero-order valence-electron chi connectivity index (χ0n) is 10.0. The zero-order chi connectivity index (χ0) is 10.3. The first-order chi connectivity index (χ1) is 6.58. The van der Waals surface area contributed by atoms with Gasteiger partial charge in [0, 0.05) is 31.7 Å². The summed E-state index contributed by atoms with van der Waals surface area (Å²) in [5.74, 6) is 1.80. The lowest BCUT2D eigenvalue weighted by atomic mass is 9.85. The van der Waals surface area contributed by atoms with Crippen molar-refractivity contribution >= 4 is 0 Å². The van der Waals surface area contributed by atoms with Crippen molar-refractivity contribution in [2.45, 2.75) is 39.3 Å². The zero-order valence-corrected chi connectivity index (χ0v) is 10.0. The Kier molecular flexibility index (Phi) is 2.85. The second kappa shape index (κ2) is 3.82. The predicted octanol–water partition coefficient (Wildman–Crippen LogP) is 1.67. The topological polar surface area (TPSA) is 6.48 Å². The maximum absolute atomic E-state index is 2.72. The van der Waals surface area contributed by atoms with Crippen LogP contribution in [0.25, 0.3) is 0 Å². The molecule has 0 spiro atoms. The van der Waals surface area contributed by atoms with Crippen molar-refractivity contribution in [2.24, 2.45) is 11.8 Å². The fourth-order valence-corrected chi connectivity index (χ4v) is 3.36. The van der Waals surface area contributed by atoms with Crippen molar-refractivity contribution in [3.05, 3.63) is 0 Å². The van der Waals surface area contributed by atoms with Gasteiger partial charge < -0.3 is 4.90 Å². The third-order valence-corrected chi connectivity index (χ3v) is 3.99. The molecule has 2 nitrogen and oxygen atoms in total. The molecule has 3 unspecified atom stereocenters. The standard InChI is InChI=1S/C12H24N2/c1-9(2)14-7-11-5-10(3)12(14)8-13(4)6-11/h9-12H,5-8H2,1-4H3. The summed E-state index contributed by atoms with van der Waals surface area (Å²) in [4.78, 5) is 5.25. The molecule has 0 aliphatic carbocycles. The Labute approximate surface area is 88.3 Å². The summed E-state index contributed by atoms with van der Waals surface area (Å²) in [5.41, 5.74) is 0. The van der Waals surface area contributed by atoms with E-state index in [1.165, 1.54) is 26.1 Å². The van der Waals surface area contributed by atoms with Gasteiger partial charge in [-0.25, -0.2) is 0 Å². The molecule has 0 aromatic heterocycles. The number of piperidine rings is 1. The van der Waals surface area contributed by atoms with E-state index in [1.54, 1.807) is 0 Å². The van der Waals surface area contributed by atoms with Gasteiger partial charge in [-0.1, -0.05) is 6.92 Å². The van der Waals surface area contributed by atoms with Crippen LogP contribution in [-0.4, -0.2) is 48.6 Å². The Morgan fingerprint density at radius 1 is 1.14 bits per heavy atom. The molecular formula is C12H24N2.